The predicted octanol–water partition coefficient (Wildman–Crippen LogP) is 2.80. The summed E-state index contributed by atoms with van der Waals surface area (Å²) in [5.41, 5.74) is 6.30. The molecule has 0 aliphatic rings. The summed E-state index contributed by atoms with van der Waals surface area (Å²) < 4.78 is 10.2. The maximum absolute atomic E-state index is 11.9. The Labute approximate surface area is 158 Å². The van der Waals surface area contributed by atoms with E-state index in [1.165, 1.54) is 25.8 Å². The van der Waals surface area contributed by atoms with Crippen LogP contribution in [0.25, 0.3) is 0 Å². The minimum Gasteiger partial charge on any atom is -0.493 e. The maximum atomic E-state index is 11.9. The summed E-state index contributed by atoms with van der Waals surface area (Å²) in [4.78, 5) is 23.0. The van der Waals surface area contributed by atoms with E-state index in [0.717, 1.165) is 11.3 Å². The molecule has 142 valence electrons. The Balaban J connectivity index is 1.90. The van der Waals surface area contributed by atoms with Crippen LogP contribution in [0.4, 0.5) is 5.69 Å². The van der Waals surface area contributed by atoms with E-state index < -0.39 is 5.97 Å². The molecule has 0 fully saturated rings. The lowest BCUT2D eigenvalue weighted by molar-refractivity contribution is -0.132. The molecule has 7 heteroatoms. The van der Waals surface area contributed by atoms with Crippen LogP contribution in [0.15, 0.2) is 41.5 Å². The number of rotatable bonds is 7. The van der Waals surface area contributed by atoms with Gasteiger partial charge in [0, 0.05) is 12.6 Å². The van der Waals surface area contributed by atoms with Crippen molar-refractivity contribution in [2.75, 3.05) is 19.0 Å². The molecule has 7 nitrogen and oxygen atoms in total. The van der Waals surface area contributed by atoms with Crippen LogP contribution in [-0.4, -0.2) is 31.7 Å². The molecule has 0 aliphatic heterocycles. The van der Waals surface area contributed by atoms with Gasteiger partial charge < -0.3 is 14.8 Å². The van der Waals surface area contributed by atoms with E-state index >= 15 is 0 Å². The Bertz CT molecular complexity index is 862. The van der Waals surface area contributed by atoms with Crippen LogP contribution in [0.5, 0.6) is 11.5 Å². The predicted molar refractivity (Wildman–Crippen MR) is 104 cm³/mol. The Kier molecular flexibility index (Phi) is 6.93. The van der Waals surface area contributed by atoms with Gasteiger partial charge in [-0.25, -0.2) is 5.43 Å². The second-order valence-electron chi connectivity index (χ2n) is 5.97. The number of carbonyl (C=O) groups is 2. The second-order valence-corrected chi connectivity index (χ2v) is 5.97. The Morgan fingerprint density at radius 2 is 1.89 bits per heavy atom. The number of hydrogen-bond acceptors (Lipinski definition) is 6. The number of anilines is 1. The van der Waals surface area contributed by atoms with E-state index in [1.54, 1.807) is 18.2 Å². The first-order valence-electron chi connectivity index (χ1n) is 8.38. The van der Waals surface area contributed by atoms with Gasteiger partial charge in [-0.1, -0.05) is 17.7 Å². The van der Waals surface area contributed by atoms with Crippen molar-refractivity contribution in [3.05, 3.63) is 53.1 Å². The molecule has 2 aromatic carbocycles. The average molecular weight is 369 g/mol. The lowest BCUT2D eigenvalue weighted by atomic mass is 10.1. The van der Waals surface area contributed by atoms with E-state index in [4.69, 9.17) is 9.47 Å². The number of hydrazone groups is 1. The largest absolute Gasteiger partial charge is 0.493 e. The number of esters is 1. The van der Waals surface area contributed by atoms with Crippen molar-refractivity contribution in [1.29, 1.82) is 0 Å². The highest BCUT2D eigenvalue weighted by molar-refractivity contribution is 5.85. The third-order valence-electron chi connectivity index (χ3n) is 3.67. The van der Waals surface area contributed by atoms with Gasteiger partial charge >= 0.3 is 5.97 Å². The zero-order valence-electron chi connectivity index (χ0n) is 15.8. The second kappa shape index (κ2) is 9.38. The first kappa shape index (κ1) is 20.0. The number of amides is 1. The van der Waals surface area contributed by atoms with Crippen LogP contribution in [0.3, 0.4) is 0 Å². The highest BCUT2D eigenvalue weighted by Crippen LogP contribution is 2.27. The molecule has 0 saturated heterocycles. The van der Waals surface area contributed by atoms with Gasteiger partial charge in [-0.2, -0.15) is 5.10 Å². The molecule has 0 heterocycles. The number of carbonyl (C=O) groups excluding carboxylic acids is 2. The molecule has 0 spiro atoms. The summed E-state index contributed by atoms with van der Waals surface area (Å²) in [6.07, 6.45) is 1.48. The highest BCUT2D eigenvalue weighted by Gasteiger charge is 2.07. The zero-order chi connectivity index (χ0) is 19.8. The molecule has 2 N–H and O–H groups in total. The fraction of sp³-hybridized carbons (Fsp3) is 0.250. The van der Waals surface area contributed by atoms with Crippen molar-refractivity contribution in [2.24, 2.45) is 5.10 Å². The average Bonchev–Trinajstić information content (AvgIpc) is 2.61. The van der Waals surface area contributed by atoms with Gasteiger partial charge in [0.1, 0.15) is 0 Å². The standard InChI is InChI=1S/C20H23N3O4/c1-13-5-7-17(14(2)9-13)21-12-20(25)23-22-11-16-6-8-18(27-15(3)24)19(10-16)26-4/h5-11,21H,12H2,1-4H3,(H,23,25). The van der Waals surface area contributed by atoms with E-state index in [0.29, 0.717) is 17.1 Å². The van der Waals surface area contributed by atoms with Gasteiger partial charge in [0.2, 0.25) is 0 Å². The van der Waals surface area contributed by atoms with Crippen molar-refractivity contribution >= 4 is 23.8 Å². The molecule has 1 amide bonds. The van der Waals surface area contributed by atoms with Crippen LogP contribution < -0.4 is 20.2 Å². The topological polar surface area (TPSA) is 89.0 Å². The van der Waals surface area contributed by atoms with Crippen LogP contribution >= 0.6 is 0 Å². The van der Waals surface area contributed by atoms with Crippen LogP contribution in [0.2, 0.25) is 0 Å². The molecule has 0 atom stereocenters. The van der Waals surface area contributed by atoms with Gasteiger partial charge in [-0.05, 0) is 49.2 Å². The normalized spacial score (nSPS) is 10.5. The molecule has 0 unspecified atom stereocenters. The van der Waals surface area contributed by atoms with Crippen molar-refractivity contribution in [3.63, 3.8) is 0 Å². The number of aryl methyl sites for hydroxylation is 2. The van der Waals surface area contributed by atoms with Crippen molar-refractivity contribution in [3.8, 4) is 11.5 Å². The molecule has 0 bridgehead atoms. The molecular weight excluding hydrogens is 346 g/mol. The maximum Gasteiger partial charge on any atom is 0.308 e. The Morgan fingerprint density at radius 1 is 1.11 bits per heavy atom. The zero-order valence-corrected chi connectivity index (χ0v) is 15.8. The first-order chi connectivity index (χ1) is 12.9. The van der Waals surface area contributed by atoms with Crippen LogP contribution in [0.1, 0.15) is 23.6 Å². The fourth-order valence-electron chi connectivity index (χ4n) is 2.41. The van der Waals surface area contributed by atoms with Gasteiger partial charge in [0.25, 0.3) is 5.91 Å². The molecular formula is C20H23N3O4. The lowest BCUT2D eigenvalue weighted by Gasteiger charge is -2.09. The summed E-state index contributed by atoms with van der Waals surface area (Å²) in [6.45, 7) is 5.43. The summed E-state index contributed by atoms with van der Waals surface area (Å²) in [7, 11) is 1.48. The van der Waals surface area contributed by atoms with Crippen molar-refractivity contribution < 1.29 is 19.1 Å². The summed E-state index contributed by atoms with van der Waals surface area (Å²) in [5.74, 6) is 0.0221. The van der Waals surface area contributed by atoms with Gasteiger partial charge in [-0.15, -0.1) is 0 Å². The lowest BCUT2D eigenvalue weighted by Crippen LogP contribution is -2.26. The summed E-state index contributed by atoms with van der Waals surface area (Å²) in [5, 5.41) is 7.01. The van der Waals surface area contributed by atoms with Crippen molar-refractivity contribution in [2.45, 2.75) is 20.8 Å². The summed E-state index contributed by atoms with van der Waals surface area (Å²) in [6, 6.07) is 10.9. The number of nitrogens with one attached hydrogen (secondary N) is 2. The smallest absolute Gasteiger partial charge is 0.308 e. The minimum atomic E-state index is -0.432. The number of hydrogen-bond donors (Lipinski definition) is 2. The van der Waals surface area contributed by atoms with E-state index in [-0.39, 0.29) is 12.5 Å². The molecule has 2 aromatic rings. The third-order valence-corrected chi connectivity index (χ3v) is 3.67. The SMILES string of the molecule is COc1cc(C=NNC(=O)CNc2ccc(C)cc2C)ccc1OC(C)=O. The molecule has 0 aliphatic carbocycles. The minimum absolute atomic E-state index is 0.107. The molecule has 0 saturated carbocycles. The molecule has 27 heavy (non-hydrogen) atoms. The van der Waals surface area contributed by atoms with Crippen LogP contribution in [0, 0.1) is 13.8 Å². The third kappa shape index (κ3) is 6.14. The monoisotopic (exact) mass is 369 g/mol. The van der Waals surface area contributed by atoms with Gasteiger partial charge in [-0.3, -0.25) is 9.59 Å². The van der Waals surface area contributed by atoms with Crippen LogP contribution in [-0.2, 0) is 9.59 Å². The number of nitrogens with zero attached hydrogens (tertiary/aromatic N) is 1. The highest BCUT2D eigenvalue weighted by atomic mass is 16.6. The Morgan fingerprint density at radius 3 is 2.56 bits per heavy atom. The molecule has 0 radical (unpaired) electrons. The summed E-state index contributed by atoms with van der Waals surface area (Å²) >= 11 is 0. The Hall–Kier alpha value is -3.35. The quantitative estimate of drug-likeness (QED) is 0.339. The van der Waals surface area contributed by atoms with E-state index in [1.807, 2.05) is 32.0 Å². The van der Waals surface area contributed by atoms with E-state index in [2.05, 4.69) is 15.8 Å². The fourth-order valence-corrected chi connectivity index (χ4v) is 2.41. The number of ether oxygens (including phenoxy) is 2. The van der Waals surface area contributed by atoms with Gasteiger partial charge in [0.15, 0.2) is 11.5 Å². The van der Waals surface area contributed by atoms with Gasteiger partial charge in [0.05, 0.1) is 19.9 Å². The first-order valence-corrected chi connectivity index (χ1v) is 8.38. The van der Waals surface area contributed by atoms with Crippen molar-refractivity contribution in [1.82, 2.24) is 5.43 Å². The van der Waals surface area contributed by atoms with E-state index in [9.17, 15) is 9.59 Å². The molecule has 0 aromatic heterocycles. The number of methoxy groups -OCH3 is 1. The number of benzene rings is 2. The molecule has 2 rings (SSSR count).